The third-order valence-electron chi connectivity index (χ3n) is 6.40. The number of benzene rings is 1. The zero-order valence-electron chi connectivity index (χ0n) is 11.5. The van der Waals surface area contributed by atoms with E-state index >= 15 is 0 Å². The van der Waals surface area contributed by atoms with E-state index in [1.54, 1.807) is 11.1 Å². The van der Waals surface area contributed by atoms with Crippen molar-refractivity contribution in [3.05, 3.63) is 35.4 Å². The third kappa shape index (κ3) is 1.32. The second-order valence-electron chi connectivity index (χ2n) is 7.05. The van der Waals surface area contributed by atoms with Gasteiger partial charge in [0.1, 0.15) is 0 Å². The molecule has 4 atom stereocenters. The summed E-state index contributed by atoms with van der Waals surface area (Å²) in [6, 6.07) is 9.39. The molecule has 4 rings (SSSR count). The van der Waals surface area contributed by atoms with E-state index in [1.165, 1.54) is 44.9 Å². The van der Waals surface area contributed by atoms with Gasteiger partial charge in [-0.2, -0.15) is 0 Å². The Morgan fingerprint density at radius 1 is 1.06 bits per heavy atom. The molecule has 0 aromatic heterocycles. The molecule has 0 saturated heterocycles. The lowest BCUT2D eigenvalue weighted by Crippen LogP contribution is -2.51. The van der Waals surface area contributed by atoms with E-state index in [-0.39, 0.29) is 0 Å². The van der Waals surface area contributed by atoms with Gasteiger partial charge in [0.2, 0.25) is 0 Å². The number of fused-ring (bicyclic) bond motifs is 1. The Hall–Kier alpha value is -0.780. The average Bonchev–Trinajstić information content (AvgIpc) is 2.43. The van der Waals surface area contributed by atoms with Crippen LogP contribution < -0.4 is 0 Å². The highest BCUT2D eigenvalue weighted by atomic mass is 14.6. The standard InChI is InChI=1S/C18H24/c1-13-9-11-18-10-5-4-8-17(18)15(13)12-14-6-2-3-7-16(14)18/h2-3,6-7,13,15,17H,4-5,8-12H2,1H3/t13-,15?,17?,18+/m1/s1. The largest absolute Gasteiger partial charge is 0.0622 e. The Balaban J connectivity index is 1.90. The van der Waals surface area contributed by atoms with E-state index in [2.05, 4.69) is 31.2 Å². The van der Waals surface area contributed by atoms with Gasteiger partial charge in [-0.3, -0.25) is 0 Å². The van der Waals surface area contributed by atoms with Crippen molar-refractivity contribution >= 4 is 0 Å². The summed E-state index contributed by atoms with van der Waals surface area (Å²) in [5, 5.41) is 0. The Labute approximate surface area is 111 Å². The maximum atomic E-state index is 2.51. The molecule has 1 aromatic rings. The zero-order valence-corrected chi connectivity index (χ0v) is 11.5. The second-order valence-corrected chi connectivity index (χ2v) is 7.05. The quantitative estimate of drug-likeness (QED) is 0.615. The molecule has 3 aliphatic carbocycles. The lowest BCUT2D eigenvalue weighted by molar-refractivity contribution is 0.0176. The van der Waals surface area contributed by atoms with Crippen LogP contribution in [0.15, 0.2) is 24.3 Å². The number of hydrogen-bond acceptors (Lipinski definition) is 0. The SMILES string of the molecule is C[C@@H]1CC[C@]23CCCCC2C1Cc1ccccc13. The predicted molar refractivity (Wildman–Crippen MR) is 75.7 cm³/mol. The molecule has 18 heavy (non-hydrogen) atoms. The minimum Gasteiger partial charge on any atom is -0.0622 e. The van der Waals surface area contributed by atoms with Gasteiger partial charge in [0.25, 0.3) is 0 Å². The molecule has 96 valence electrons. The summed E-state index contributed by atoms with van der Waals surface area (Å²) in [6.45, 7) is 2.51. The van der Waals surface area contributed by atoms with Crippen molar-refractivity contribution in [3.8, 4) is 0 Å². The summed E-state index contributed by atoms with van der Waals surface area (Å²) >= 11 is 0. The van der Waals surface area contributed by atoms with E-state index in [9.17, 15) is 0 Å². The molecule has 2 unspecified atom stereocenters. The zero-order chi connectivity index (χ0) is 12.2. The minimum absolute atomic E-state index is 0.588. The first-order valence-corrected chi connectivity index (χ1v) is 7.90. The molecule has 0 spiro atoms. The van der Waals surface area contributed by atoms with Gasteiger partial charge in [0, 0.05) is 0 Å². The molecular weight excluding hydrogens is 216 g/mol. The van der Waals surface area contributed by atoms with Gasteiger partial charge < -0.3 is 0 Å². The first-order valence-electron chi connectivity index (χ1n) is 7.90. The van der Waals surface area contributed by atoms with Crippen LogP contribution in [0.5, 0.6) is 0 Å². The van der Waals surface area contributed by atoms with Gasteiger partial charge in [-0.1, -0.05) is 44.0 Å². The summed E-state index contributed by atoms with van der Waals surface area (Å²) in [7, 11) is 0. The van der Waals surface area contributed by atoms with Gasteiger partial charge >= 0.3 is 0 Å². The molecule has 2 saturated carbocycles. The fraction of sp³-hybridized carbons (Fsp3) is 0.667. The van der Waals surface area contributed by atoms with Gasteiger partial charge in [0.05, 0.1) is 0 Å². The Morgan fingerprint density at radius 3 is 2.89 bits per heavy atom. The molecule has 0 amide bonds. The van der Waals surface area contributed by atoms with Crippen LogP contribution in [-0.4, -0.2) is 0 Å². The maximum absolute atomic E-state index is 2.51. The topological polar surface area (TPSA) is 0 Å². The molecular formula is C18H24. The van der Waals surface area contributed by atoms with E-state index in [0.29, 0.717) is 5.41 Å². The number of rotatable bonds is 0. The van der Waals surface area contributed by atoms with E-state index in [4.69, 9.17) is 0 Å². The summed E-state index contributed by atoms with van der Waals surface area (Å²) in [4.78, 5) is 0. The molecule has 0 N–H and O–H groups in total. The minimum atomic E-state index is 0.588. The van der Waals surface area contributed by atoms with Crippen molar-refractivity contribution in [2.24, 2.45) is 17.8 Å². The lowest BCUT2D eigenvalue weighted by Gasteiger charge is -2.57. The van der Waals surface area contributed by atoms with E-state index < -0.39 is 0 Å². The van der Waals surface area contributed by atoms with Crippen molar-refractivity contribution in [2.45, 2.75) is 57.3 Å². The third-order valence-corrected chi connectivity index (χ3v) is 6.40. The first kappa shape index (κ1) is 11.1. The molecule has 0 nitrogen and oxygen atoms in total. The lowest BCUT2D eigenvalue weighted by atomic mass is 9.47. The Kier molecular flexibility index (Phi) is 2.37. The normalized spacial score (nSPS) is 41.9. The molecule has 0 heteroatoms. The van der Waals surface area contributed by atoms with E-state index in [1.807, 2.05) is 0 Å². The Bertz CT molecular complexity index is 461. The van der Waals surface area contributed by atoms with Gasteiger partial charge in [0.15, 0.2) is 0 Å². The predicted octanol–water partition coefficient (Wildman–Crippen LogP) is 4.72. The van der Waals surface area contributed by atoms with Crippen molar-refractivity contribution < 1.29 is 0 Å². The van der Waals surface area contributed by atoms with E-state index in [0.717, 1.165) is 17.8 Å². The van der Waals surface area contributed by atoms with Crippen molar-refractivity contribution in [3.63, 3.8) is 0 Å². The Morgan fingerprint density at radius 2 is 1.94 bits per heavy atom. The van der Waals surface area contributed by atoms with Crippen LogP contribution in [0.1, 0.15) is 56.6 Å². The highest BCUT2D eigenvalue weighted by molar-refractivity contribution is 5.40. The summed E-state index contributed by atoms with van der Waals surface area (Å²) in [6.07, 6.45) is 10.2. The molecule has 0 aliphatic heterocycles. The fourth-order valence-electron chi connectivity index (χ4n) is 5.55. The van der Waals surface area contributed by atoms with Gasteiger partial charge in [-0.25, -0.2) is 0 Å². The molecule has 2 fully saturated rings. The number of hydrogen-bond donors (Lipinski definition) is 0. The van der Waals surface area contributed by atoms with Crippen LogP contribution >= 0.6 is 0 Å². The summed E-state index contributed by atoms with van der Waals surface area (Å²) < 4.78 is 0. The molecule has 2 bridgehead atoms. The second kappa shape index (κ2) is 3.85. The van der Waals surface area contributed by atoms with Crippen LogP contribution in [-0.2, 0) is 11.8 Å². The van der Waals surface area contributed by atoms with Crippen LogP contribution in [0.25, 0.3) is 0 Å². The highest BCUT2D eigenvalue weighted by Crippen LogP contribution is 2.59. The van der Waals surface area contributed by atoms with Crippen LogP contribution in [0, 0.1) is 17.8 Å². The highest BCUT2D eigenvalue weighted by Gasteiger charge is 2.52. The molecule has 0 heterocycles. The van der Waals surface area contributed by atoms with Crippen LogP contribution in [0.3, 0.4) is 0 Å². The smallest absolute Gasteiger partial charge is 0.00131 e. The monoisotopic (exact) mass is 240 g/mol. The average molecular weight is 240 g/mol. The first-order chi connectivity index (χ1) is 8.81. The molecule has 1 aromatic carbocycles. The molecule has 0 radical (unpaired) electrons. The maximum Gasteiger partial charge on any atom is -0.00131 e. The van der Waals surface area contributed by atoms with Crippen LogP contribution in [0.2, 0.25) is 0 Å². The summed E-state index contributed by atoms with van der Waals surface area (Å²) in [5.41, 5.74) is 4.02. The molecule has 3 aliphatic rings. The fourth-order valence-corrected chi connectivity index (χ4v) is 5.55. The van der Waals surface area contributed by atoms with Crippen molar-refractivity contribution in [2.75, 3.05) is 0 Å². The van der Waals surface area contributed by atoms with Crippen LogP contribution in [0.4, 0.5) is 0 Å². The summed E-state index contributed by atoms with van der Waals surface area (Å²) in [5.74, 6) is 2.94. The van der Waals surface area contributed by atoms with Crippen molar-refractivity contribution in [1.82, 2.24) is 0 Å². The van der Waals surface area contributed by atoms with Gasteiger partial charge in [-0.15, -0.1) is 0 Å². The van der Waals surface area contributed by atoms with Gasteiger partial charge in [-0.05, 0) is 66.4 Å². The van der Waals surface area contributed by atoms with Crippen molar-refractivity contribution in [1.29, 1.82) is 0 Å².